The smallest absolute Gasteiger partial charge is 0.220 e. The fourth-order valence-electron chi connectivity index (χ4n) is 1.61. The van der Waals surface area contributed by atoms with Gasteiger partial charge in [0.15, 0.2) is 0 Å². The van der Waals surface area contributed by atoms with Crippen molar-refractivity contribution in [2.45, 2.75) is 19.3 Å². The van der Waals surface area contributed by atoms with Gasteiger partial charge in [0.25, 0.3) is 0 Å². The molecular weight excluding hydrogens is 238 g/mol. The summed E-state index contributed by atoms with van der Waals surface area (Å²) >= 11 is 0. The fourth-order valence-corrected chi connectivity index (χ4v) is 1.61. The van der Waals surface area contributed by atoms with Gasteiger partial charge in [-0.1, -0.05) is 6.07 Å². The summed E-state index contributed by atoms with van der Waals surface area (Å²) in [5.41, 5.74) is 0.0213. The Morgan fingerprint density at radius 3 is 2.50 bits per heavy atom. The lowest BCUT2D eigenvalue weighted by molar-refractivity contribution is -0.121. The van der Waals surface area contributed by atoms with Gasteiger partial charge in [0.05, 0.1) is 0 Å². The molecule has 0 atom stereocenters. The van der Waals surface area contributed by atoms with E-state index in [0.29, 0.717) is 6.42 Å². The van der Waals surface area contributed by atoms with Gasteiger partial charge < -0.3 is 10.6 Å². The third-order valence-corrected chi connectivity index (χ3v) is 2.59. The van der Waals surface area contributed by atoms with Crippen molar-refractivity contribution in [1.29, 1.82) is 0 Å². The molecule has 0 aliphatic heterocycles. The van der Waals surface area contributed by atoms with E-state index in [4.69, 9.17) is 0 Å². The van der Waals surface area contributed by atoms with E-state index in [2.05, 4.69) is 10.6 Å². The van der Waals surface area contributed by atoms with Gasteiger partial charge in [-0.15, -0.1) is 0 Å². The second-order valence-corrected chi connectivity index (χ2v) is 4.01. The summed E-state index contributed by atoms with van der Waals surface area (Å²) in [4.78, 5) is 11.4. The molecule has 1 amide bonds. The number of benzene rings is 1. The van der Waals surface area contributed by atoms with Gasteiger partial charge in [-0.2, -0.15) is 0 Å². The minimum Gasteiger partial charge on any atom is -0.356 e. The Labute approximate surface area is 106 Å². The van der Waals surface area contributed by atoms with Gasteiger partial charge in [0.1, 0.15) is 11.6 Å². The van der Waals surface area contributed by atoms with Crippen molar-refractivity contribution in [2.24, 2.45) is 0 Å². The minimum absolute atomic E-state index is 0.0213. The van der Waals surface area contributed by atoms with Crippen LogP contribution in [0.1, 0.15) is 18.4 Å². The quantitative estimate of drug-likeness (QED) is 0.728. The molecule has 5 heteroatoms. The minimum atomic E-state index is -0.570. The Morgan fingerprint density at radius 1 is 1.22 bits per heavy atom. The average molecular weight is 256 g/mol. The molecule has 1 rings (SSSR count). The zero-order valence-corrected chi connectivity index (χ0v) is 10.4. The molecule has 0 saturated carbocycles. The molecule has 0 unspecified atom stereocenters. The zero-order valence-electron chi connectivity index (χ0n) is 10.4. The van der Waals surface area contributed by atoms with Crippen LogP contribution in [0.15, 0.2) is 18.2 Å². The highest BCUT2D eigenvalue weighted by Crippen LogP contribution is 2.11. The summed E-state index contributed by atoms with van der Waals surface area (Å²) in [5, 5.41) is 5.59. The molecule has 3 nitrogen and oxygen atoms in total. The molecule has 0 aromatic heterocycles. The maximum Gasteiger partial charge on any atom is 0.220 e. The van der Waals surface area contributed by atoms with Crippen molar-refractivity contribution >= 4 is 5.91 Å². The van der Waals surface area contributed by atoms with Gasteiger partial charge >= 0.3 is 0 Å². The van der Waals surface area contributed by atoms with Crippen molar-refractivity contribution in [3.8, 4) is 0 Å². The second kappa shape index (κ2) is 7.76. The molecule has 100 valence electrons. The Hall–Kier alpha value is -1.49. The average Bonchev–Trinajstić information content (AvgIpc) is 2.33. The first-order chi connectivity index (χ1) is 8.65. The van der Waals surface area contributed by atoms with Crippen LogP contribution in [0, 0.1) is 11.6 Å². The Balaban J connectivity index is 2.31. The third kappa shape index (κ3) is 4.79. The fraction of sp³-hybridized carbons (Fsp3) is 0.462. The van der Waals surface area contributed by atoms with Crippen LogP contribution in [0.5, 0.6) is 0 Å². The lowest BCUT2D eigenvalue weighted by atomic mass is 10.1. The number of rotatable bonds is 7. The molecule has 18 heavy (non-hydrogen) atoms. The Kier molecular flexibility index (Phi) is 6.28. The summed E-state index contributed by atoms with van der Waals surface area (Å²) in [5.74, 6) is -1.24. The standard InChI is InChI=1S/C13H18F2N2O/c1-16-8-3-6-13(18)17-9-7-10-11(14)4-2-5-12(10)15/h2,4-5,16H,3,6-9H2,1H3,(H,17,18). The van der Waals surface area contributed by atoms with Gasteiger partial charge in [0, 0.05) is 18.5 Å². The van der Waals surface area contributed by atoms with E-state index < -0.39 is 11.6 Å². The van der Waals surface area contributed by atoms with E-state index in [0.717, 1.165) is 13.0 Å². The number of hydrogen-bond donors (Lipinski definition) is 2. The molecule has 0 spiro atoms. The van der Waals surface area contributed by atoms with Crippen LogP contribution in [-0.4, -0.2) is 26.0 Å². The Bertz CT molecular complexity index is 376. The van der Waals surface area contributed by atoms with Crippen LogP contribution in [0.25, 0.3) is 0 Å². The van der Waals surface area contributed by atoms with E-state index >= 15 is 0 Å². The highest BCUT2D eigenvalue weighted by atomic mass is 19.1. The SMILES string of the molecule is CNCCCC(=O)NCCc1c(F)cccc1F. The number of amides is 1. The summed E-state index contributed by atoms with van der Waals surface area (Å²) in [6.07, 6.45) is 1.33. The van der Waals surface area contributed by atoms with Crippen molar-refractivity contribution in [2.75, 3.05) is 20.1 Å². The summed E-state index contributed by atoms with van der Waals surface area (Å²) in [6, 6.07) is 3.75. The number of nitrogens with one attached hydrogen (secondary N) is 2. The first-order valence-electron chi connectivity index (χ1n) is 5.99. The van der Waals surface area contributed by atoms with E-state index in [1.54, 1.807) is 0 Å². The van der Waals surface area contributed by atoms with Crippen molar-refractivity contribution in [3.05, 3.63) is 35.4 Å². The predicted molar refractivity (Wildman–Crippen MR) is 66.2 cm³/mol. The van der Waals surface area contributed by atoms with Gasteiger partial charge in [0.2, 0.25) is 5.91 Å². The molecule has 0 saturated heterocycles. The molecule has 0 bridgehead atoms. The van der Waals surface area contributed by atoms with Crippen molar-refractivity contribution in [1.82, 2.24) is 10.6 Å². The predicted octanol–water partition coefficient (Wildman–Crippen LogP) is 1.62. The summed E-state index contributed by atoms with van der Waals surface area (Å²) in [7, 11) is 1.82. The largest absolute Gasteiger partial charge is 0.356 e. The van der Waals surface area contributed by atoms with E-state index in [1.165, 1.54) is 18.2 Å². The van der Waals surface area contributed by atoms with Crippen LogP contribution >= 0.6 is 0 Å². The van der Waals surface area contributed by atoms with Crippen molar-refractivity contribution < 1.29 is 13.6 Å². The van der Waals surface area contributed by atoms with Crippen LogP contribution < -0.4 is 10.6 Å². The van der Waals surface area contributed by atoms with E-state index in [1.807, 2.05) is 7.05 Å². The second-order valence-electron chi connectivity index (χ2n) is 4.01. The summed E-state index contributed by atoms with van der Waals surface area (Å²) in [6.45, 7) is 1.02. The molecule has 0 aliphatic rings. The van der Waals surface area contributed by atoms with E-state index in [9.17, 15) is 13.6 Å². The lowest BCUT2D eigenvalue weighted by Crippen LogP contribution is -2.26. The molecule has 1 aromatic carbocycles. The van der Waals surface area contributed by atoms with Crippen molar-refractivity contribution in [3.63, 3.8) is 0 Å². The number of halogens is 2. The highest BCUT2D eigenvalue weighted by molar-refractivity contribution is 5.75. The highest BCUT2D eigenvalue weighted by Gasteiger charge is 2.08. The molecular formula is C13H18F2N2O. The maximum absolute atomic E-state index is 13.3. The molecule has 0 heterocycles. The normalized spacial score (nSPS) is 10.4. The van der Waals surface area contributed by atoms with Crippen LogP contribution in [-0.2, 0) is 11.2 Å². The molecule has 0 fully saturated rings. The Morgan fingerprint density at radius 2 is 1.89 bits per heavy atom. The maximum atomic E-state index is 13.3. The molecule has 0 aliphatic carbocycles. The topological polar surface area (TPSA) is 41.1 Å². The first kappa shape index (κ1) is 14.6. The number of carbonyl (C=O) groups is 1. The van der Waals surface area contributed by atoms with E-state index in [-0.39, 0.29) is 24.4 Å². The van der Waals surface area contributed by atoms with Gasteiger partial charge in [-0.25, -0.2) is 8.78 Å². The van der Waals surface area contributed by atoms with Crippen LogP contribution in [0.3, 0.4) is 0 Å². The lowest BCUT2D eigenvalue weighted by Gasteiger charge is -2.07. The molecule has 2 N–H and O–H groups in total. The molecule has 0 radical (unpaired) electrons. The van der Waals surface area contributed by atoms with Gasteiger partial charge in [-0.05, 0) is 38.6 Å². The summed E-state index contributed by atoms with van der Waals surface area (Å²) < 4.78 is 26.5. The number of hydrogen-bond acceptors (Lipinski definition) is 2. The first-order valence-corrected chi connectivity index (χ1v) is 5.99. The number of carbonyl (C=O) groups excluding carboxylic acids is 1. The van der Waals surface area contributed by atoms with Crippen LogP contribution in [0.4, 0.5) is 8.78 Å². The molecule has 1 aromatic rings. The van der Waals surface area contributed by atoms with Crippen LogP contribution in [0.2, 0.25) is 0 Å². The third-order valence-electron chi connectivity index (χ3n) is 2.59. The zero-order chi connectivity index (χ0) is 13.4. The monoisotopic (exact) mass is 256 g/mol. The van der Waals surface area contributed by atoms with Gasteiger partial charge in [-0.3, -0.25) is 4.79 Å².